The number of hydrogen-bond donors (Lipinski definition) is 5. The van der Waals surface area contributed by atoms with Gasteiger partial charge in [-0.2, -0.15) is 5.01 Å². The molecule has 2 bridgehead atoms. The van der Waals surface area contributed by atoms with Crippen molar-refractivity contribution in [3.8, 4) is 0 Å². The van der Waals surface area contributed by atoms with Crippen LogP contribution in [0.25, 0.3) is 0 Å². The van der Waals surface area contributed by atoms with Gasteiger partial charge in [0.05, 0.1) is 23.9 Å². The number of benzene rings is 1. The molecule has 5 aliphatic rings. The van der Waals surface area contributed by atoms with Crippen LogP contribution in [0.2, 0.25) is 0 Å². The average molecular weight is 527 g/mol. The molecule has 0 aliphatic carbocycles. The average Bonchev–Trinajstić information content (AvgIpc) is 3.19. The van der Waals surface area contributed by atoms with Crippen molar-refractivity contribution in [3.63, 3.8) is 0 Å². The van der Waals surface area contributed by atoms with Gasteiger partial charge in [-0.05, 0) is 70.3 Å². The van der Waals surface area contributed by atoms with Gasteiger partial charge in [0.1, 0.15) is 6.29 Å². The molecule has 6 rings (SSSR count). The number of rotatable bonds is 3. The lowest BCUT2D eigenvalue weighted by molar-refractivity contribution is -0.148. The number of amides is 1. The molecule has 1 aromatic carbocycles. The number of piperazine rings is 1. The van der Waals surface area contributed by atoms with Crippen molar-refractivity contribution >= 4 is 17.3 Å². The van der Waals surface area contributed by atoms with Crippen molar-refractivity contribution in [2.75, 3.05) is 56.5 Å². The number of nitrogens with zero attached hydrogens (tertiary/aromatic N) is 4. The van der Waals surface area contributed by atoms with Gasteiger partial charge in [0.25, 0.3) is 0 Å². The number of anilines is 2. The zero-order valence-electron chi connectivity index (χ0n) is 23.0. The van der Waals surface area contributed by atoms with E-state index in [1.165, 1.54) is 5.69 Å². The first-order valence-corrected chi connectivity index (χ1v) is 14.8. The van der Waals surface area contributed by atoms with Crippen molar-refractivity contribution in [1.29, 1.82) is 0 Å². The quantitative estimate of drug-likeness (QED) is 0.397. The van der Waals surface area contributed by atoms with E-state index in [1.807, 2.05) is 11.9 Å². The standard InChI is InChI=1S/C28H46N8O2/c1-28(38)13-4-3-5-14-35-26(37)22-19-29-27(32-25(22)36(35)24-8-6-7-23(28)31-24)30-20-9-11-21(12-10-20)34-17-15-33(2)16-18-34/h9-12,22-25,27,29-32,38H,3-8,13-19H2,1-2H3. The van der Waals surface area contributed by atoms with E-state index in [0.717, 1.165) is 83.4 Å². The highest BCUT2D eigenvalue weighted by molar-refractivity contribution is 5.81. The smallest absolute Gasteiger partial charge is 0.244 e. The molecule has 5 fully saturated rings. The second kappa shape index (κ2) is 10.9. The minimum Gasteiger partial charge on any atom is -0.389 e. The molecule has 10 nitrogen and oxygen atoms in total. The van der Waals surface area contributed by atoms with Crippen molar-refractivity contribution < 1.29 is 9.90 Å². The van der Waals surface area contributed by atoms with Gasteiger partial charge >= 0.3 is 0 Å². The number of nitrogens with one attached hydrogen (secondary N) is 4. The van der Waals surface area contributed by atoms with Crippen molar-refractivity contribution in [2.45, 2.75) is 82.1 Å². The summed E-state index contributed by atoms with van der Waals surface area (Å²) in [5.74, 6) is 0.0817. The Balaban J connectivity index is 1.16. The highest BCUT2D eigenvalue weighted by Crippen LogP contribution is 2.35. The van der Waals surface area contributed by atoms with Gasteiger partial charge in [-0.25, -0.2) is 0 Å². The van der Waals surface area contributed by atoms with Crippen LogP contribution in [-0.4, -0.2) is 103 Å². The van der Waals surface area contributed by atoms with Crippen LogP contribution in [-0.2, 0) is 4.79 Å². The zero-order valence-corrected chi connectivity index (χ0v) is 23.0. The lowest BCUT2D eigenvalue weighted by Gasteiger charge is -2.47. The predicted molar refractivity (Wildman–Crippen MR) is 149 cm³/mol. The number of likely N-dealkylation sites (N-methyl/N-ethyl adjacent to an activating group) is 1. The number of carbonyl (C=O) groups is 1. The maximum atomic E-state index is 13.6. The second-order valence-electron chi connectivity index (χ2n) is 12.2. The van der Waals surface area contributed by atoms with E-state index in [4.69, 9.17) is 0 Å². The Bertz CT molecular complexity index is 966. The van der Waals surface area contributed by atoms with Gasteiger partial charge < -0.3 is 20.2 Å². The fourth-order valence-corrected chi connectivity index (χ4v) is 7.03. The Kier molecular flexibility index (Phi) is 7.54. The summed E-state index contributed by atoms with van der Waals surface area (Å²) in [6.07, 6.45) is 6.59. The predicted octanol–water partition coefficient (Wildman–Crippen LogP) is 1.12. The molecule has 5 N–H and O–H groups in total. The van der Waals surface area contributed by atoms with E-state index in [9.17, 15) is 9.90 Å². The van der Waals surface area contributed by atoms with Gasteiger partial charge in [0, 0.05) is 56.7 Å². The van der Waals surface area contributed by atoms with E-state index in [0.29, 0.717) is 6.54 Å². The fourth-order valence-electron chi connectivity index (χ4n) is 7.03. The molecule has 210 valence electrons. The molecule has 6 unspecified atom stereocenters. The largest absolute Gasteiger partial charge is 0.389 e. The van der Waals surface area contributed by atoms with E-state index in [1.54, 1.807) is 0 Å². The molecule has 0 aromatic heterocycles. The molecular formula is C28H46N8O2. The maximum Gasteiger partial charge on any atom is 0.244 e. The summed E-state index contributed by atoms with van der Waals surface area (Å²) >= 11 is 0. The number of carbonyl (C=O) groups excluding carboxylic acids is 1. The first-order valence-electron chi connectivity index (χ1n) is 14.8. The van der Waals surface area contributed by atoms with Crippen molar-refractivity contribution in [2.24, 2.45) is 5.92 Å². The monoisotopic (exact) mass is 526 g/mol. The molecule has 38 heavy (non-hydrogen) atoms. The molecule has 1 amide bonds. The summed E-state index contributed by atoms with van der Waals surface area (Å²) in [6, 6.07) is 8.75. The van der Waals surface area contributed by atoms with Gasteiger partial charge in [-0.1, -0.05) is 12.8 Å². The fraction of sp³-hybridized carbons (Fsp3) is 0.750. The van der Waals surface area contributed by atoms with Gasteiger partial charge in [-0.3, -0.25) is 25.8 Å². The van der Waals surface area contributed by atoms with Crippen molar-refractivity contribution in [1.82, 2.24) is 30.9 Å². The van der Waals surface area contributed by atoms with Crippen LogP contribution in [0.3, 0.4) is 0 Å². The lowest BCUT2D eigenvalue weighted by atomic mass is 9.84. The summed E-state index contributed by atoms with van der Waals surface area (Å²) in [4.78, 5) is 18.4. The van der Waals surface area contributed by atoms with E-state index in [-0.39, 0.29) is 36.5 Å². The number of hydrogen-bond acceptors (Lipinski definition) is 9. The Labute approximate surface area is 227 Å². The van der Waals surface area contributed by atoms with Crippen LogP contribution in [0.1, 0.15) is 51.9 Å². The summed E-state index contributed by atoms with van der Waals surface area (Å²) in [7, 11) is 2.18. The molecule has 5 saturated heterocycles. The first kappa shape index (κ1) is 26.3. The third-order valence-electron chi connectivity index (χ3n) is 9.43. The molecule has 0 radical (unpaired) electrons. The topological polar surface area (TPSA) is 98.4 Å². The van der Waals surface area contributed by atoms with Gasteiger partial charge in [0.15, 0.2) is 0 Å². The minimum absolute atomic E-state index is 0.0337. The molecule has 0 saturated carbocycles. The summed E-state index contributed by atoms with van der Waals surface area (Å²) in [6.45, 7) is 7.67. The van der Waals surface area contributed by atoms with Crippen LogP contribution >= 0.6 is 0 Å². The molecule has 1 aromatic rings. The second-order valence-corrected chi connectivity index (χ2v) is 12.2. The normalized spacial score (nSPS) is 37.3. The van der Waals surface area contributed by atoms with E-state index < -0.39 is 5.60 Å². The number of piperidine rings is 1. The van der Waals surface area contributed by atoms with E-state index in [2.05, 4.69) is 67.4 Å². The van der Waals surface area contributed by atoms with Crippen LogP contribution in [0, 0.1) is 5.92 Å². The van der Waals surface area contributed by atoms with Crippen LogP contribution in [0.4, 0.5) is 11.4 Å². The lowest BCUT2D eigenvalue weighted by Crippen LogP contribution is -2.69. The Hall–Kier alpha value is -1.95. The highest BCUT2D eigenvalue weighted by atomic mass is 16.3. The van der Waals surface area contributed by atoms with Gasteiger partial charge in [-0.15, -0.1) is 0 Å². The summed E-state index contributed by atoms with van der Waals surface area (Å²) < 4.78 is 0. The SMILES string of the molecule is CN1CCN(c2ccc(NC3NCC4C(=O)N5CCCCCC(C)(O)C6CCCC(N6)N5C4N3)cc2)CC1. The Morgan fingerprint density at radius 3 is 2.55 bits per heavy atom. The molecular weight excluding hydrogens is 480 g/mol. The van der Waals surface area contributed by atoms with E-state index >= 15 is 0 Å². The molecule has 6 atom stereocenters. The number of aliphatic hydroxyl groups is 1. The first-order chi connectivity index (χ1) is 18.4. The summed E-state index contributed by atoms with van der Waals surface area (Å²) in [5, 5.41) is 30.2. The maximum absolute atomic E-state index is 13.6. The zero-order chi connectivity index (χ0) is 26.3. The Morgan fingerprint density at radius 1 is 0.974 bits per heavy atom. The molecule has 10 heteroatoms. The van der Waals surface area contributed by atoms with Crippen LogP contribution < -0.4 is 26.2 Å². The Morgan fingerprint density at radius 2 is 1.76 bits per heavy atom. The van der Waals surface area contributed by atoms with Crippen molar-refractivity contribution in [3.05, 3.63) is 24.3 Å². The number of hydrazine groups is 1. The third kappa shape index (κ3) is 5.26. The molecule has 5 aliphatic heterocycles. The van der Waals surface area contributed by atoms with Crippen LogP contribution in [0.15, 0.2) is 24.3 Å². The molecule has 0 spiro atoms. The van der Waals surface area contributed by atoms with Crippen LogP contribution in [0.5, 0.6) is 0 Å². The number of fused-ring (bicyclic) bond motifs is 6. The summed E-state index contributed by atoms with van der Waals surface area (Å²) in [5.41, 5.74) is 1.60. The third-order valence-corrected chi connectivity index (χ3v) is 9.43. The highest BCUT2D eigenvalue weighted by Gasteiger charge is 2.52. The van der Waals surface area contributed by atoms with Gasteiger partial charge in [0.2, 0.25) is 5.91 Å². The molecule has 5 heterocycles. The minimum atomic E-state index is -0.723.